The largest absolute Gasteiger partial charge is 0.338 e. The monoisotopic (exact) mass is 238 g/mol. The molecule has 1 aromatic heterocycles. The standard InChI is InChI=1S/C12H22N4O/c1-12(2,3)13-7-6-10-14-11(15-17-10)16-8-4-5-9-16/h13H,4-9H2,1-3H3. The first-order valence-electron chi connectivity index (χ1n) is 6.37. The normalized spacial score (nSPS) is 16.8. The molecule has 5 heteroatoms. The van der Waals surface area contributed by atoms with E-state index in [-0.39, 0.29) is 5.54 Å². The first-order valence-corrected chi connectivity index (χ1v) is 6.37. The minimum absolute atomic E-state index is 0.137. The number of rotatable bonds is 4. The molecule has 96 valence electrons. The molecule has 0 amide bonds. The van der Waals surface area contributed by atoms with Crippen LogP contribution < -0.4 is 10.2 Å². The lowest BCUT2D eigenvalue weighted by Crippen LogP contribution is -2.37. The molecule has 0 unspecified atom stereocenters. The van der Waals surface area contributed by atoms with Crippen LogP contribution in [0.2, 0.25) is 0 Å². The third kappa shape index (κ3) is 3.70. The maximum atomic E-state index is 5.25. The number of anilines is 1. The van der Waals surface area contributed by atoms with Gasteiger partial charge in [-0.3, -0.25) is 0 Å². The molecule has 1 aliphatic heterocycles. The lowest BCUT2D eigenvalue weighted by molar-refractivity contribution is 0.361. The van der Waals surface area contributed by atoms with Gasteiger partial charge in [-0.25, -0.2) is 0 Å². The summed E-state index contributed by atoms with van der Waals surface area (Å²) in [6.45, 7) is 9.42. The molecule has 17 heavy (non-hydrogen) atoms. The SMILES string of the molecule is CC(C)(C)NCCc1nc(N2CCCC2)no1. The molecule has 0 aliphatic carbocycles. The summed E-state index contributed by atoms with van der Waals surface area (Å²) in [6.07, 6.45) is 3.25. The zero-order chi connectivity index (χ0) is 12.3. The Kier molecular flexibility index (Phi) is 3.66. The predicted octanol–water partition coefficient (Wildman–Crippen LogP) is 1.60. The number of hydrogen-bond donors (Lipinski definition) is 1. The van der Waals surface area contributed by atoms with E-state index in [0.717, 1.165) is 37.9 Å². The molecule has 2 heterocycles. The van der Waals surface area contributed by atoms with Gasteiger partial charge in [-0.05, 0) is 38.8 Å². The smallest absolute Gasteiger partial charge is 0.266 e. The minimum atomic E-state index is 0.137. The Bertz CT molecular complexity index is 350. The fraction of sp³-hybridized carbons (Fsp3) is 0.833. The molecular formula is C12H22N4O. The highest BCUT2D eigenvalue weighted by Crippen LogP contribution is 2.16. The van der Waals surface area contributed by atoms with Crippen LogP contribution in [0.3, 0.4) is 0 Å². The average molecular weight is 238 g/mol. The molecule has 1 fully saturated rings. The molecule has 0 bridgehead atoms. The van der Waals surface area contributed by atoms with Crippen LogP contribution in [0.1, 0.15) is 39.5 Å². The highest BCUT2D eigenvalue weighted by Gasteiger charge is 2.18. The van der Waals surface area contributed by atoms with Crippen molar-refractivity contribution in [1.29, 1.82) is 0 Å². The molecule has 0 atom stereocenters. The Labute approximate surface area is 103 Å². The summed E-state index contributed by atoms with van der Waals surface area (Å²) in [4.78, 5) is 6.60. The highest BCUT2D eigenvalue weighted by atomic mass is 16.5. The Morgan fingerprint density at radius 1 is 1.29 bits per heavy atom. The van der Waals surface area contributed by atoms with Crippen molar-refractivity contribution >= 4 is 5.95 Å². The highest BCUT2D eigenvalue weighted by molar-refractivity contribution is 5.28. The van der Waals surface area contributed by atoms with E-state index in [1.165, 1.54) is 12.8 Å². The molecule has 1 aromatic rings. The number of aromatic nitrogens is 2. The van der Waals surface area contributed by atoms with E-state index < -0.39 is 0 Å². The number of nitrogens with zero attached hydrogens (tertiary/aromatic N) is 3. The number of hydrogen-bond acceptors (Lipinski definition) is 5. The molecule has 1 aliphatic rings. The van der Waals surface area contributed by atoms with Crippen LogP contribution in [0.4, 0.5) is 5.95 Å². The van der Waals surface area contributed by atoms with Gasteiger partial charge in [-0.2, -0.15) is 4.98 Å². The summed E-state index contributed by atoms with van der Waals surface area (Å²) < 4.78 is 5.25. The zero-order valence-corrected chi connectivity index (χ0v) is 11.0. The molecule has 0 radical (unpaired) electrons. The van der Waals surface area contributed by atoms with E-state index in [1.807, 2.05) is 0 Å². The van der Waals surface area contributed by atoms with Gasteiger partial charge in [0.2, 0.25) is 5.89 Å². The molecule has 0 aromatic carbocycles. The van der Waals surface area contributed by atoms with E-state index >= 15 is 0 Å². The lowest BCUT2D eigenvalue weighted by Gasteiger charge is -2.19. The van der Waals surface area contributed by atoms with Crippen molar-refractivity contribution < 1.29 is 4.52 Å². The van der Waals surface area contributed by atoms with Gasteiger partial charge < -0.3 is 14.7 Å². The predicted molar refractivity (Wildman–Crippen MR) is 67.2 cm³/mol. The van der Waals surface area contributed by atoms with Crippen LogP contribution in [-0.4, -0.2) is 35.3 Å². The van der Waals surface area contributed by atoms with Crippen molar-refractivity contribution in [2.45, 2.75) is 45.6 Å². The third-order valence-electron chi connectivity index (χ3n) is 2.84. The lowest BCUT2D eigenvalue weighted by atomic mass is 10.1. The Balaban J connectivity index is 1.81. The molecule has 2 rings (SSSR count). The van der Waals surface area contributed by atoms with Crippen LogP contribution in [0.15, 0.2) is 4.52 Å². The van der Waals surface area contributed by atoms with Crippen LogP contribution in [0, 0.1) is 0 Å². The Morgan fingerprint density at radius 3 is 2.65 bits per heavy atom. The molecule has 0 saturated carbocycles. The van der Waals surface area contributed by atoms with Crippen molar-refractivity contribution in [3.05, 3.63) is 5.89 Å². The van der Waals surface area contributed by atoms with Crippen molar-refractivity contribution in [3.8, 4) is 0 Å². The molecule has 5 nitrogen and oxygen atoms in total. The van der Waals surface area contributed by atoms with Gasteiger partial charge in [-0.1, -0.05) is 0 Å². The summed E-state index contributed by atoms with van der Waals surface area (Å²) >= 11 is 0. The van der Waals surface area contributed by atoms with E-state index in [9.17, 15) is 0 Å². The second-order valence-corrected chi connectivity index (χ2v) is 5.61. The topological polar surface area (TPSA) is 54.2 Å². The van der Waals surface area contributed by atoms with Crippen molar-refractivity contribution in [2.75, 3.05) is 24.5 Å². The van der Waals surface area contributed by atoms with E-state index in [2.05, 4.69) is 41.1 Å². The first kappa shape index (κ1) is 12.4. The maximum absolute atomic E-state index is 5.25. The second kappa shape index (κ2) is 5.04. The molecule has 1 saturated heterocycles. The van der Waals surface area contributed by atoms with Gasteiger partial charge in [-0.15, -0.1) is 0 Å². The van der Waals surface area contributed by atoms with E-state index in [0.29, 0.717) is 0 Å². The second-order valence-electron chi connectivity index (χ2n) is 5.61. The van der Waals surface area contributed by atoms with Crippen molar-refractivity contribution in [1.82, 2.24) is 15.5 Å². The fourth-order valence-electron chi connectivity index (χ4n) is 1.94. The van der Waals surface area contributed by atoms with Crippen molar-refractivity contribution in [3.63, 3.8) is 0 Å². The van der Waals surface area contributed by atoms with Crippen LogP contribution >= 0.6 is 0 Å². The summed E-state index contributed by atoms with van der Waals surface area (Å²) in [5, 5.41) is 7.43. The quantitative estimate of drug-likeness (QED) is 0.863. The van der Waals surface area contributed by atoms with E-state index in [4.69, 9.17) is 4.52 Å². The molecule has 1 N–H and O–H groups in total. The summed E-state index contributed by atoms with van der Waals surface area (Å²) in [7, 11) is 0. The van der Waals surface area contributed by atoms with Crippen molar-refractivity contribution in [2.24, 2.45) is 0 Å². The van der Waals surface area contributed by atoms with Gasteiger partial charge in [0.05, 0.1) is 0 Å². The van der Waals surface area contributed by atoms with Gasteiger partial charge >= 0.3 is 0 Å². The van der Waals surface area contributed by atoms with Gasteiger partial charge in [0.15, 0.2) is 0 Å². The van der Waals surface area contributed by atoms with Crippen LogP contribution in [0.25, 0.3) is 0 Å². The molecule has 0 spiro atoms. The minimum Gasteiger partial charge on any atom is -0.338 e. The Morgan fingerprint density at radius 2 is 2.00 bits per heavy atom. The fourth-order valence-corrected chi connectivity index (χ4v) is 1.94. The summed E-state index contributed by atoms with van der Waals surface area (Å²) in [5.74, 6) is 1.48. The summed E-state index contributed by atoms with van der Waals surface area (Å²) in [5.41, 5.74) is 0.137. The molecular weight excluding hydrogens is 216 g/mol. The van der Waals surface area contributed by atoms with Gasteiger partial charge in [0, 0.05) is 31.6 Å². The third-order valence-corrected chi connectivity index (χ3v) is 2.84. The van der Waals surface area contributed by atoms with Gasteiger partial charge in [0.1, 0.15) is 0 Å². The van der Waals surface area contributed by atoms with E-state index in [1.54, 1.807) is 0 Å². The average Bonchev–Trinajstić information content (AvgIpc) is 2.83. The van der Waals surface area contributed by atoms with Crippen LogP contribution in [-0.2, 0) is 6.42 Å². The van der Waals surface area contributed by atoms with Gasteiger partial charge in [0.25, 0.3) is 5.95 Å². The Hall–Kier alpha value is -1.10. The summed E-state index contributed by atoms with van der Waals surface area (Å²) in [6, 6.07) is 0. The van der Waals surface area contributed by atoms with Crippen LogP contribution in [0.5, 0.6) is 0 Å². The maximum Gasteiger partial charge on any atom is 0.266 e. The first-order chi connectivity index (χ1) is 8.04. The zero-order valence-electron chi connectivity index (χ0n) is 11.0. The number of nitrogens with one attached hydrogen (secondary N) is 1.